The van der Waals surface area contributed by atoms with Crippen molar-refractivity contribution in [2.45, 2.75) is 39.0 Å². The molecule has 1 fully saturated rings. The molecule has 2 heterocycles. The van der Waals surface area contributed by atoms with Crippen LogP contribution in [0.15, 0.2) is 41.2 Å². The van der Waals surface area contributed by atoms with Crippen LogP contribution in [-0.4, -0.2) is 21.1 Å². The van der Waals surface area contributed by atoms with Crippen LogP contribution < -0.4 is 10.9 Å². The number of rotatable bonds is 7. The van der Waals surface area contributed by atoms with Crippen LogP contribution >= 0.6 is 11.3 Å². The highest BCUT2D eigenvalue weighted by atomic mass is 32.1. The third kappa shape index (κ3) is 3.58. The van der Waals surface area contributed by atoms with Crippen LogP contribution in [-0.2, 0) is 12.8 Å². The van der Waals surface area contributed by atoms with Crippen LogP contribution in [0.1, 0.15) is 37.4 Å². The Bertz CT molecular complexity index is 927. The zero-order chi connectivity index (χ0) is 17.3. The summed E-state index contributed by atoms with van der Waals surface area (Å²) in [5, 5.41) is 8.62. The summed E-state index contributed by atoms with van der Waals surface area (Å²) in [5.74, 6) is 0. The van der Waals surface area contributed by atoms with Crippen LogP contribution in [0.5, 0.6) is 0 Å². The molecular weight excluding hydrogens is 332 g/mol. The van der Waals surface area contributed by atoms with E-state index in [0.29, 0.717) is 10.4 Å². The van der Waals surface area contributed by atoms with Gasteiger partial charge in [-0.1, -0.05) is 55.0 Å². The topological polar surface area (TPSA) is 59.3 Å². The molecule has 0 spiro atoms. The SMILES string of the molecule is CCCc1cc(=O)n2nc(NCC3(Cc4ccccc4)CC3)sc2n1. The maximum absolute atomic E-state index is 12.2. The molecule has 0 aliphatic heterocycles. The Morgan fingerprint density at radius 1 is 1.28 bits per heavy atom. The maximum atomic E-state index is 12.2. The van der Waals surface area contributed by atoms with Crippen molar-refractivity contribution in [3.63, 3.8) is 0 Å². The molecule has 0 bridgehead atoms. The Balaban J connectivity index is 1.48. The van der Waals surface area contributed by atoms with Crippen molar-refractivity contribution in [1.29, 1.82) is 0 Å². The minimum absolute atomic E-state index is 0.0943. The number of hydrogen-bond acceptors (Lipinski definition) is 5. The first-order valence-corrected chi connectivity index (χ1v) is 9.67. The lowest BCUT2D eigenvalue weighted by molar-refractivity contribution is 0.538. The zero-order valence-electron chi connectivity index (χ0n) is 14.4. The first-order valence-electron chi connectivity index (χ1n) is 8.85. The molecule has 0 unspecified atom stereocenters. The molecule has 0 radical (unpaired) electrons. The number of aromatic nitrogens is 3. The van der Waals surface area contributed by atoms with Gasteiger partial charge >= 0.3 is 0 Å². The summed E-state index contributed by atoms with van der Waals surface area (Å²) in [6.07, 6.45) is 5.36. The van der Waals surface area contributed by atoms with Gasteiger partial charge in [-0.2, -0.15) is 4.52 Å². The third-order valence-electron chi connectivity index (χ3n) is 4.80. The normalized spacial score (nSPS) is 15.4. The second-order valence-corrected chi connectivity index (χ2v) is 7.91. The molecule has 1 N–H and O–H groups in total. The fourth-order valence-electron chi connectivity index (χ4n) is 3.20. The van der Waals surface area contributed by atoms with E-state index in [1.54, 1.807) is 6.07 Å². The fourth-order valence-corrected chi connectivity index (χ4v) is 4.02. The number of benzene rings is 1. The monoisotopic (exact) mass is 354 g/mol. The van der Waals surface area contributed by atoms with Crippen LogP contribution in [0.4, 0.5) is 5.13 Å². The summed E-state index contributed by atoms with van der Waals surface area (Å²) in [5.41, 5.74) is 2.46. The molecule has 5 nitrogen and oxygen atoms in total. The Kier molecular flexibility index (Phi) is 4.29. The summed E-state index contributed by atoms with van der Waals surface area (Å²) >= 11 is 1.46. The van der Waals surface area contributed by atoms with E-state index in [9.17, 15) is 4.79 Å². The highest BCUT2D eigenvalue weighted by molar-refractivity contribution is 7.20. The molecule has 0 amide bonds. The average Bonchev–Trinajstić information content (AvgIpc) is 3.23. The standard InChI is InChI=1S/C19H22N4OS/c1-2-6-15-11-16(24)23-18(21-15)25-17(22-23)20-13-19(9-10-19)12-14-7-4-3-5-8-14/h3-5,7-8,11H,2,6,9-10,12-13H2,1H3,(H,20,22). The van der Waals surface area contributed by atoms with E-state index in [0.717, 1.165) is 36.6 Å². The molecule has 1 aliphatic rings. The van der Waals surface area contributed by atoms with Gasteiger partial charge in [0.25, 0.3) is 5.56 Å². The van der Waals surface area contributed by atoms with Gasteiger partial charge in [-0.05, 0) is 36.7 Å². The smallest absolute Gasteiger partial charge is 0.275 e. The van der Waals surface area contributed by atoms with Gasteiger partial charge in [-0.15, -0.1) is 5.10 Å². The molecule has 3 aromatic rings. The van der Waals surface area contributed by atoms with E-state index < -0.39 is 0 Å². The predicted octanol–water partition coefficient (Wildman–Crippen LogP) is 3.54. The van der Waals surface area contributed by atoms with Crippen molar-refractivity contribution >= 4 is 21.4 Å². The number of anilines is 1. The Hall–Kier alpha value is -2.21. The van der Waals surface area contributed by atoms with Gasteiger partial charge in [0, 0.05) is 18.3 Å². The van der Waals surface area contributed by atoms with Gasteiger partial charge in [0.1, 0.15) is 0 Å². The third-order valence-corrected chi connectivity index (χ3v) is 5.66. The van der Waals surface area contributed by atoms with Gasteiger partial charge < -0.3 is 5.32 Å². The maximum Gasteiger partial charge on any atom is 0.275 e. The summed E-state index contributed by atoms with van der Waals surface area (Å²) in [6.45, 7) is 2.98. The summed E-state index contributed by atoms with van der Waals surface area (Å²) in [6, 6.07) is 12.2. The van der Waals surface area contributed by atoms with Gasteiger partial charge in [-0.25, -0.2) is 4.98 Å². The molecule has 6 heteroatoms. The molecule has 0 atom stereocenters. The number of fused-ring (bicyclic) bond motifs is 1. The fraction of sp³-hybridized carbons (Fsp3) is 0.421. The van der Waals surface area contributed by atoms with E-state index in [1.807, 2.05) is 0 Å². The van der Waals surface area contributed by atoms with Crippen molar-refractivity contribution in [3.8, 4) is 0 Å². The van der Waals surface area contributed by atoms with Crippen molar-refractivity contribution < 1.29 is 0 Å². The highest BCUT2D eigenvalue weighted by Crippen LogP contribution is 2.48. The molecule has 2 aromatic heterocycles. The van der Waals surface area contributed by atoms with E-state index in [2.05, 4.69) is 52.7 Å². The quantitative estimate of drug-likeness (QED) is 0.705. The minimum atomic E-state index is -0.0943. The summed E-state index contributed by atoms with van der Waals surface area (Å²) in [4.78, 5) is 17.4. The van der Waals surface area contributed by atoms with Crippen molar-refractivity contribution in [2.24, 2.45) is 5.41 Å². The van der Waals surface area contributed by atoms with E-state index >= 15 is 0 Å². The summed E-state index contributed by atoms with van der Waals surface area (Å²) < 4.78 is 1.41. The predicted molar refractivity (Wildman–Crippen MR) is 101 cm³/mol. The molecule has 1 aromatic carbocycles. The van der Waals surface area contributed by atoms with Crippen molar-refractivity contribution in [2.75, 3.05) is 11.9 Å². The lowest BCUT2D eigenvalue weighted by Gasteiger charge is -2.15. The first kappa shape index (κ1) is 16.3. The minimum Gasteiger partial charge on any atom is -0.360 e. The molecule has 4 rings (SSSR count). The highest BCUT2D eigenvalue weighted by Gasteiger charge is 2.42. The van der Waals surface area contributed by atoms with E-state index in [4.69, 9.17) is 0 Å². The van der Waals surface area contributed by atoms with Crippen LogP contribution in [0.3, 0.4) is 0 Å². The van der Waals surface area contributed by atoms with Gasteiger partial charge in [-0.3, -0.25) is 4.79 Å². The molecular formula is C19H22N4OS. The number of aryl methyl sites for hydroxylation is 1. The van der Waals surface area contributed by atoms with Gasteiger partial charge in [0.15, 0.2) is 0 Å². The van der Waals surface area contributed by atoms with Crippen LogP contribution in [0.2, 0.25) is 0 Å². The number of nitrogens with one attached hydrogen (secondary N) is 1. The lowest BCUT2D eigenvalue weighted by Crippen LogP contribution is -2.19. The molecule has 1 saturated carbocycles. The van der Waals surface area contributed by atoms with Crippen molar-refractivity contribution in [1.82, 2.24) is 14.6 Å². The Morgan fingerprint density at radius 3 is 2.80 bits per heavy atom. The Morgan fingerprint density at radius 2 is 2.08 bits per heavy atom. The van der Waals surface area contributed by atoms with E-state index in [-0.39, 0.29) is 5.56 Å². The molecule has 130 valence electrons. The van der Waals surface area contributed by atoms with Crippen LogP contribution in [0.25, 0.3) is 4.96 Å². The second kappa shape index (κ2) is 6.59. The van der Waals surface area contributed by atoms with E-state index in [1.165, 1.54) is 34.3 Å². The van der Waals surface area contributed by atoms with Gasteiger partial charge in [0.05, 0.1) is 0 Å². The number of hydrogen-bond donors (Lipinski definition) is 1. The molecule has 0 saturated heterocycles. The number of nitrogens with zero attached hydrogens (tertiary/aromatic N) is 3. The zero-order valence-corrected chi connectivity index (χ0v) is 15.2. The molecule has 25 heavy (non-hydrogen) atoms. The largest absolute Gasteiger partial charge is 0.360 e. The van der Waals surface area contributed by atoms with Crippen molar-refractivity contribution in [3.05, 3.63) is 58.0 Å². The Labute approximate surface area is 150 Å². The average molecular weight is 354 g/mol. The first-order chi connectivity index (χ1) is 12.2. The second-order valence-electron chi connectivity index (χ2n) is 6.95. The lowest BCUT2D eigenvalue weighted by atomic mass is 9.96. The summed E-state index contributed by atoms with van der Waals surface area (Å²) in [7, 11) is 0. The van der Waals surface area contributed by atoms with Crippen LogP contribution in [0, 0.1) is 5.41 Å². The molecule has 1 aliphatic carbocycles. The van der Waals surface area contributed by atoms with Gasteiger partial charge in [0.2, 0.25) is 10.1 Å².